The number of aryl methyl sites for hydroxylation is 1. The number of fused-ring (bicyclic) bond motifs is 3. The molecule has 2 fully saturated rings. The third-order valence-corrected chi connectivity index (χ3v) is 12.1. The lowest BCUT2D eigenvalue weighted by atomic mass is 10.0. The van der Waals surface area contributed by atoms with Crippen LogP contribution in [0, 0.1) is 12.7 Å². The molecular formula is C35H34F3N5O9S2. The number of hydrogen-bond donors (Lipinski definition) is 1. The van der Waals surface area contributed by atoms with E-state index in [2.05, 4.69) is 9.97 Å². The van der Waals surface area contributed by atoms with Crippen molar-refractivity contribution < 1.29 is 45.0 Å². The van der Waals surface area contributed by atoms with Gasteiger partial charge < -0.3 is 18.6 Å². The molecule has 1 aromatic carbocycles. The van der Waals surface area contributed by atoms with Crippen LogP contribution in [0.3, 0.4) is 0 Å². The summed E-state index contributed by atoms with van der Waals surface area (Å²) in [5, 5.41) is -0.510. The van der Waals surface area contributed by atoms with Gasteiger partial charge in [0.25, 0.3) is 21.5 Å². The van der Waals surface area contributed by atoms with E-state index in [0.717, 1.165) is 53.0 Å². The van der Waals surface area contributed by atoms with Gasteiger partial charge in [-0.15, -0.1) is 11.3 Å². The first-order valence-corrected chi connectivity index (χ1v) is 19.2. The van der Waals surface area contributed by atoms with Crippen LogP contribution >= 0.6 is 11.3 Å². The number of pyridine rings is 1. The molecule has 19 heteroatoms. The Morgan fingerprint density at radius 1 is 1.11 bits per heavy atom. The molecule has 54 heavy (non-hydrogen) atoms. The Bertz CT molecular complexity index is 2420. The van der Waals surface area contributed by atoms with Crippen LogP contribution in [0.1, 0.15) is 56.8 Å². The highest BCUT2D eigenvalue weighted by molar-refractivity contribution is 7.90. The minimum atomic E-state index is -4.55. The van der Waals surface area contributed by atoms with Gasteiger partial charge in [0.2, 0.25) is 5.89 Å². The minimum absolute atomic E-state index is 0.0348. The molecule has 0 aliphatic carbocycles. The molecule has 5 aromatic rings. The van der Waals surface area contributed by atoms with E-state index in [-0.39, 0.29) is 33.9 Å². The summed E-state index contributed by atoms with van der Waals surface area (Å²) in [4.78, 5) is 51.4. The Labute approximate surface area is 309 Å². The number of benzene rings is 1. The number of thiophene rings is 1. The van der Waals surface area contributed by atoms with Crippen LogP contribution in [0.15, 0.2) is 74.1 Å². The van der Waals surface area contributed by atoms with Crippen LogP contribution < -0.4 is 20.7 Å². The molecule has 1 amide bonds. The molecule has 2 aliphatic heterocycles. The average Bonchev–Trinajstić information content (AvgIpc) is 3.86. The fourth-order valence-electron chi connectivity index (χ4n) is 6.95. The molecule has 0 saturated carbocycles. The van der Waals surface area contributed by atoms with E-state index in [0.29, 0.717) is 27.8 Å². The zero-order valence-electron chi connectivity index (χ0n) is 29.0. The van der Waals surface area contributed by atoms with E-state index < -0.39 is 74.7 Å². The number of ether oxygens (including phenoxy) is 3. The Hall–Kier alpha value is -4.85. The van der Waals surface area contributed by atoms with Crippen molar-refractivity contribution in [1.82, 2.24) is 23.8 Å². The van der Waals surface area contributed by atoms with Gasteiger partial charge in [0.1, 0.15) is 34.3 Å². The summed E-state index contributed by atoms with van der Waals surface area (Å²) in [6.07, 6.45) is 4.37. The van der Waals surface area contributed by atoms with Gasteiger partial charge in [-0.1, -0.05) is 6.07 Å². The molecule has 1 N–H and O–H groups in total. The van der Waals surface area contributed by atoms with E-state index in [1.807, 2.05) is 4.72 Å². The predicted molar refractivity (Wildman–Crippen MR) is 187 cm³/mol. The predicted octanol–water partition coefficient (Wildman–Crippen LogP) is 5.03. The third kappa shape index (κ3) is 7.07. The number of hydrogen-bond acceptors (Lipinski definition) is 12. The van der Waals surface area contributed by atoms with E-state index in [4.69, 9.17) is 18.6 Å². The molecule has 4 atom stereocenters. The average molecular weight is 790 g/mol. The van der Waals surface area contributed by atoms with Crippen molar-refractivity contribution in [3.8, 4) is 16.5 Å². The van der Waals surface area contributed by atoms with E-state index >= 15 is 0 Å². The van der Waals surface area contributed by atoms with Gasteiger partial charge >= 0.3 is 12.3 Å². The second-order valence-electron chi connectivity index (χ2n) is 13.5. The molecule has 14 nitrogen and oxygen atoms in total. The maximum absolute atomic E-state index is 14.9. The molecule has 6 heterocycles. The molecule has 4 aromatic heterocycles. The van der Waals surface area contributed by atoms with Crippen molar-refractivity contribution in [2.45, 2.75) is 94.6 Å². The molecule has 1 unspecified atom stereocenters. The Morgan fingerprint density at radius 3 is 2.50 bits per heavy atom. The Morgan fingerprint density at radius 2 is 1.85 bits per heavy atom. The maximum Gasteiger partial charge on any atom is 0.387 e. The van der Waals surface area contributed by atoms with Gasteiger partial charge in [0, 0.05) is 11.8 Å². The van der Waals surface area contributed by atoms with Crippen LogP contribution in [0.5, 0.6) is 5.75 Å². The molecule has 7 rings (SSSR count). The Balaban J connectivity index is 1.41. The van der Waals surface area contributed by atoms with E-state index in [9.17, 15) is 36.0 Å². The molecule has 0 spiro atoms. The standard InChI is InChI=1S/C35H34F3N5O9S2/c1-18-27-30(44)43(35(2,3)32(45)41-54(47,48)26-6-4-5-11-39-26)34(46)42(31(27)53-28(18)29-40-12-13-49-29)17-25(51-22-15-20-8-9-21(16-22)50-20)23-14-19(36)7-10-24(23)52-33(37)38/h4-7,10-14,20-22,25,33H,8-9,15-17H2,1-3H3,(H,41,45)/t20-,21+,22?,25-/m0/s1. The van der Waals surface area contributed by atoms with Gasteiger partial charge in [-0.3, -0.25) is 14.2 Å². The van der Waals surface area contributed by atoms with Gasteiger partial charge in [0.15, 0.2) is 5.03 Å². The van der Waals surface area contributed by atoms with E-state index in [1.54, 1.807) is 6.92 Å². The van der Waals surface area contributed by atoms with Crippen molar-refractivity contribution in [2.24, 2.45) is 0 Å². The molecule has 0 radical (unpaired) electrons. The topological polar surface area (TPSA) is 174 Å². The maximum atomic E-state index is 14.9. The molecule has 2 aliphatic rings. The van der Waals surface area contributed by atoms with Crippen molar-refractivity contribution in [3.05, 3.63) is 92.8 Å². The number of alkyl halides is 2. The van der Waals surface area contributed by atoms with E-state index in [1.165, 1.54) is 44.6 Å². The summed E-state index contributed by atoms with van der Waals surface area (Å²) in [5.41, 5.74) is -3.97. The summed E-state index contributed by atoms with van der Waals surface area (Å²) in [7, 11) is -4.55. The first kappa shape index (κ1) is 37.5. The largest absolute Gasteiger partial charge is 0.444 e. The van der Waals surface area contributed by atoms with Crippen LogP contribution in [0.25, 0.3) is 21.0 Å². The lowest BCUT2D eigenvalue weighted by Crippen LogP contribution is -2.56. The number of aromatic nitrogens is 4. The number of sulfonamides is 1. The minimum Gasteiger partial charge on any atom is -0.444 e. The highest BCUT2D eigenvalue weighted by Crippen LogP contribution is 2.40. The summed E-state index contributed by atoms with van der Waals surface area (Å²) < 4.78 is 95.0. The van der Waals surface area contributed by atoms with Crippen molar-refractivity contribution >= 4 is 37.5 Å². The van der Waals surface area contributed by atoms with Crippen LogP contribution in [0.4, 0.5) is 13.2 Å². The normalized spacial score (nSPS) is 19.4. The Kier molecular flexibility index (Phi) is 10.0. The van der Waals surface area contributed by atoms with Gasteiger partial charge in [0.05, 0.1) is 41.3 Å². The molecule has 286 valence electrons. The lowest BCUT2D eigenvalue weighted by molar-refractivity contribution is -0.126. The van der Waals surface area contributed by atoms with Crippen LogP contribution in [-0.2, 0) is 36.4 Å². The highest BCUT2D eigenvalue weighted by Gasteiger charge is 2.40. The first-order valence-electron chi connectivity index (χ1n) is 16.9. The summed E-state index contributed by atoms with van der Waals surface area (Å²) in [5.74, 6) is -2.30. The van der Waals surface area contributed by atoms with Crippen LogP contribution in [0.2, 0.25) is 0 Å². The molecule has 2 bridgehead atoms. The number of halogens is 3. The smallest absolute Gasteiger partial charge is 0.387 e. The second kappa shape index (κ2) is 14.4. The number of rotatable bonds is 12. The summed E-state index contributed by atoms with van der Waals surface area (Å²) >= 11 is 0.971. The number of amides is 1. The zero-order chi connectivity index (χ0) is 38.5. The number of carbonyl (C=O) groups is 1. The third-order valence-electron chi connectivity index (χ3n) is 9.58. The molecule has 2 saturated heterocycles. The highest BCUT2D eigenvalue weighted by atomic mass is 32.2. The quantitative estimate of drug-likeness (QED) is 0.180. The fourth-order valence-corrected chi connectivity index (χ4v) is 9.25. The fraction of sp³-hybridized carbons (Fsp3) is 0.400. The van der Waals surface area contributed by atoms with Gasteiger partial charge in [-0.05, 0) is 82.3 Å². The summed E-state index contributed by atoms with van der Waals surface area (Å²) in [6, 6.07) is 7.00. The number of oxazole rings is 1. The molecular weight excluding hydrogens is 756 g/mol. The second-order valence-corrected chi connectivity index (χ2v) is 16.1. The summed E-state index contributed by atoms with van der Waals surface area (Å²) in [6.45, 7) is 0.206. The van der Waals surface area contributed by atoms with Crippen molar-refractivity contribution in [1.29, 1.82) is 0 Å². The lowest BCUT2D eigenvalue weighted by Gasteiger charge is -2.33. The number of nitrogens with one attached hydrogen (secondary N) is 1. The first-order chi connectivity index (χ1) is 25.6. The monoisotopic (exact) mass is 789 g/mol. The van der Waals surface area contributed by atoms with Gasteiger partial charge in [-0.2, -0.15) is 17.2 Å². The SMILES string of the molecule is Cc1c(-c2ncco2)sc2c1c(=O)n(C(C)(C)C(=O)NS(=O)(=O)c1ccccn1)c(=O)n2C[C@H](OC1C[C@H]2CC[C@@H](C1)O2)c1cc(F)ccc1OC(F)F. The van der Waals surface area contributed by atoms with Crippen molar-refractivity contribution in [2.75, 3.05) is 0 Å². The number of carbonyl (C=O) groups excluding carboxylic acids is 1. The van der Waals surface area contributed by atoms with Crippen molar-refractivity contribution in [3.63, 3.8) is 0 Å². The zero-order valence-corrected chi connectivity index (χ0v) is 30.7. The van der Waals surface area contributed by atoms with Gasteiger partial charge in [-0.25, -0.2) is 28.4 Å². The number of nitrogens with zero attached hydrogens (tertiary/aromatic N) is 4. The van der Waals surface area contributed by atoms with Crippen LogP contribution in [-0.4, -0.2) is 58.4 Å².